The largest absolute Gasteiger partial charge is 0.397 e. The zero-order valence-electron chi connectivity index (χ0n) is 9.88. The topological polar surface area (TPSA) is 101 Å². The molecule has 1 rings (SSSR count). The van der Waals surface area contributed by atoms with Crippen molar-refractivity contribution in [3.63, 3.8) is 0 Å². The van der Waals surface area contributed by atoms with Crippen molar-refractivity contribution in [2.24, 2.45) is 5.92 Å². The Balaban J connectivity index is 2.89. The van der Waals surface area contributed by atoms with Crippen molar-refractivity contribution in [3.05, 3.63) is 28.3 Å². The van der Waals surface area contributed by atoms with Crippen molar-refractivity contribution < 1.29 is 10.0 Å². The molecule has 0 aliphatic carbocycles. The first-order chi connectivity index (χ1) is 7.95. The van der Waals surface area contributed by atoms with Crippen molar-refractivity contribution in [2.75, 3.05) is 17.7 Å². The minimum atomic E-state index is -0.494. The average Bonchev–Trinajstić information content (AvgIpc) is 2.26. The predicted molar refractivity (Wildman–Crippen MR) is 66.8 cm³/mol. The Kier molecular flexibility index (Phi) is 4.28. The summed E-state index contributed by atoms with van der Waals surface area (Å²) in [4.78, 5) is 10.0. The minimum absolute atomic E-state index is 0.0197. The molecule has 4 N–H and O–H groups in total. The monoisotopic (exact) mass is 239 g/mol. The van der Waals surface area contributed by atoms with E-state index in [0.717, 1.165) is 0 Å². The number of nitrogens with two attached hydrogens (primary N) is 1. The van der Waals surface area contributed by atoms with Gasteiger partial charge in [0.25, 0.3) is 5.69 Å². The van der Waals surface area contributed by atoms with E-state index in [4.69, 9.17) is 5.73 Å². The highest BCUT2D eigenvalue weighted by atomic mass is 16.6. The van der Waals surface area contributed by atoms with Crippen LogP contribution in [-0.2, 0) is 0 Å². The molecular formula is C11H17N3O3. The van der Waals surface area contributed by atoms with Gasteiger partial charge in [0, 0.05) is 12.1 Å². The number of benzene rings is 1. The summed E-state index contributed by atoms with van der Waals surface area (Å²) in [7, 11) is 0. The van der Waals surface area contributed by atoms with Gasteiger partial charge in [-0.05, 0) is 12.0 Å². The molecule has 1 aromatic rings. The lowest BCUT2D eigenvalue weighted by atomic mass is 10.0. The van der Waals surface area contributed by atoms with E-state index < -0.39 is 4.92 Å². The second-order valence-electron chi connectivity index (χ2n) is 4.21. The minimum Gasteiger partial charge on any atom is -0.397 e. The van der Waals surface area contributed by atoms with E-state index in [1.165, 1.54) is 12.1 Å². The summed E-state index contributed by atoms with van der Waals surface area (Å²) in [5.41, 5.74) is 6.57. The first-order valence-corrected chi connectivity index (χ1v) is 5.37. The van der Waals surface area contributed by atoms with Crippen LogP contribution >= 0.6 is 0 Å². The summed E-state index contributed by atoms with van der Waals surface area (Å²) in [5.74, 6) is 0.231. The van der Waals surface area contributed by atoms with Crippen molar-refractivity contribution in [1.82, 2.24) is 0 Å². The Morgan fingerprint density at radius 1 is 1.53 bits per heavy atom. The number of non-ortho nitro benzene ring substituents is 1. The fourth-order valence-corrected chi connectivity index (χ4v) is 1.42. The van der Waals surface area contributed by atoms with Gasteiger partial charge in [-0.3, -0.25) is 10.1 Å². The van der Waals surface area contributed by atoms with E-state index in [-0.39, 0.29) is 24.3 Å². The molecule has 1 atom stereocenters. The van der Waals surface area contributed by atoms with Gasteiger partial charge in [-0.15, -0.1) is 0 Å². The predicted octanol–water partition coefficient (Wildman–Crippen LogP) is 1.61. The number of anilines is 2. The standard InChI is InChI=1S/C11H17N3O3/c1-7(2)11(6-15)13-10-4-3-8(14(16)17)5-9(10)12/h3-5,7,11,13,15H,6,12H2,1-2H3/t11-/m1/s1. The SMILES string of the molecule is CC(C)[C@@H](CO)Nc1ccc([N+](=O)[O-])cc1N. The number of nitrogens with one attached hydrogen (secondary N) is 1. The van der Waals surface area contributed by atoms with Gasteiger partial charge in [0.2, 0.25) is 0 Å². The summed E-state index contributed by atoms with van der Waals surface area (Å²) in [6, 6.07) is 4.11. The van der Waals surface area contributed by atoms with Crippen LogP contribution in [0.1, 0.15) is 13.8 Å². The number of aliphatic hydroxyl groups excluding tert-OH is 1. The van der Waals surface area contributed by atoms with Crippen LogP contribution in [0.5, 0.6) is 0 Å². The molecule has 0 saturated heterocycles. The Bertz CT molecular complexity index is 407. The van der Waals surface area contributed by atoms with Crippen LogP contribution in [-0.4, -0.2) is 22.7 Å². The maximum Gasteiger partial charge on any atom is 0.271 e. The number of hydrogen-bond acceptors (Lipinski definition) is 5. The van der Waals surface area contributed by atoms with E-state index in [9.17, 15) is 15.2 Å². The van der Waals surface area contributed by atoms with E-state index >= 15 is 0 Å². The Labute approximate surface area is 99.6 Å². The van der Waals surface area contributed by atoms with Crippen LogP contribution < -0.4 is 11.1 Å². The Hall–Kier alpha value is -1.82. The summed E-state index contributed by atoms with van der Waals surface area (Å²) in [6.07, 6.45) is 0. The number of rotatable bonds is 5. The van der Waals surface area contributed by atoms with E-state index in [2.05, 4.69) is 5.32 Å². The highest BCUT2D eigenvalue weighted by Gasteiger charge is 2.14. The third kappa shape index (κ3) is 3.32. The third-order valence-electron chi connectivity index (χ3n) is 2.59. The van der Waals surface area contributed by atoms with Crippen molar-refractivity contribution in [3.8, 4) is 0 Å². The van der Waals surface area contributed by atoms with Crippen LogP contribution in [0.25, 0.3) is 0 Å². The quantitative estimate of drug-likeness (QED) is 0.411. The number of nitrogen functional groups attached to an aromatic ring is 1. The second kappa shape index (κ2) is 5.49. The molecule has 0 bridgehead atoms. The van der Waals surface area contributed by atoms with Gasteiger partial charge in [-0.1, -0.05) is 13.8 Å². The zero-order chi connectivity index (χ0) is 13.0. The number of nitro benzene ring substituents is 1. The Morgan fingerprint density at radius 3 is 2.59 bits per heavy atom. The molecule has 6 heteroatoms. The first kappa shape index (κ1) is 13.2. The molecule has 0 heterocycles. The fraction of sp³-hybridized carbons (Fsp3) is 0.455. The highest BCUT2D eigenvalue weighted by Crippen LogP contribution is 2.25. The highest BCUT2D eigenvalue weighted by molar-refractivity contribution is 5.69. The molecule has 0 aliphatic heterocycles. The number of nitrogens with zero attached hydrogens (tertiary/aromatic N) is 1. The lowest BCUT2D eigenvalue weighted by Crippen LogP contribution is -2.29. The van der Waals surface area contributed by atoms with Gasteiger partial charge in [-0.25, -0.2) is 0 Å². The molecule has 94 valence electrons. The molecule has 0 aliphatic rings. The van der Waals surface area contributed by atoms with Crippen LogP contribution in [0, 0.1) is 16.0 Å². The maximum absolute atomic E-state index is 10.5. The van der Waals surface area contributed by atoms with E-state index in [1.54, 1.807) is 6.07 Å². The summed E-state index contributed by atoms with van der Waals surface area (Å²) < 4.78 is 0. The molecular weight excluding hydrogens is 222 g/mol. The van der Waals surface area contributed by atoms with Crippen LogP contribution in [0.15, 0.2) is 18.2 Å². The molecule has 0 fully saturated rings. The summed E-state index contributed by atoms with van der Waals surface area (Å²) in [5, 5.41) is 22.8. The van der Waals surface area contributed by atoms with Gasteiger partial charge in [0.05, 0.1) is 28.9 Å². The molecule has 0 amide bonds. The van der Waals surface area contributed by atoms with Crippen molar-refractivity contribution in [2.45, 2.75) is 19.9 Å². The normalized spacial score (nSPS) is 12.5. The fourth-order valence-electron chi connectivity index (χ4n) is 1.42. The van der Waals surface area contributed by atoms with Gasteiger partial charge in [-0.2, -0.15) is 0 Å². The average molecular weight is 239 g/mol. The third-order valence-corrected chi connectivity index (χ3v) is 2.59. The van der Waals surface area contributed by atoms with Crippen LogP contribution in [0.4, 0.5) is 17.1 Å². The maximum atomic E-state index is 10.5. The number of aliphatic hydroxyl groups is 1. The van der Waals surface area contributed by atoms with Gasteiger partial charge in [0.1, 0.15) is 0 Å². The second-order valence-corrected chi connectivity index (χ2v) is 4.21. The zero-order valence-corrected chi connectivity index (χ0v) is 9.88. The first-order valence-electron chi connectivity index (χ1n) is 5.37. The van der Waals surface area contributed by atoms with Crippen LogP contribution in [0.3, 0.4) is 0 Å². The molecule has 0 aromatic heterocycles. The molecule has 17 heavy (non-hydrogen) atoms. The Morgan fingerprint density at radius 2 is 2.18 bits per heavy atom. The van der Waals surface area contributed by atoms with Crippen molar-refractivity contribution >= 4 is 17.1 Å². The van der Waals surface area contributed by atoms with Crippen molar-refractivity contribution in [1.29, 1.82) is 0 Å². The van der Waals surface area contributed by atoms with Gasteiger partial charge in [0.15, 0.2) is 0 Å². The molecule has 0 saturated carbocycles. The summed E-state index contributed by atoms with van der Waals surface area (Å²) in [6.45, 7) is 3.92. The van der Waals surface area contributed by atoms with E-state index in [1.807, 2.05) is 13.8 Å². The van der Waals surface area contributed by atoms with E-state index in [0.29, 0.717) is 11.4 Å². The number of nitro groups is 1. The molecule has 0 unspecified atom stereocenters. The van der Waals surface area contributed by atoms with Gasteiger partial charge < -0.3 is 16.2 Å². The lowest BCUT2D eigenvalue weighted by Gasteiger charge is -2.22. The number of hydrogen-bond donors (Lipinski definition) is 3. The molecule has 6 nitrogen and oxygen atoms in total. The van der Waals surface area contributed by atoms with Gasteiger partial charge >= 0.3 is 0 Å². The molecule has 0 spiro atoms. The van der Waals surface area contributed by atoms with Crippen LogP contribution in [0.2, 0.25) is 0 Å². The summed E-state index contributed by atoms with van der Waals surface area (Å²) >= 11 is 0. The smallest absolute Gasteiger partial charge is 0.271 e. The molecule has 0 radical (unpaired) electrons. The lowest BCUT2D eigenvalue weighted by molar-refractivity contribution is -0.384. The molecule has 1 aromatic carbocycles.